The van der Waals surface area contributed by atoms with Crippen molar-refractivity contribution in [1.29, 1.82) is 0 Å². The van der Waals surface area contributed by atoms with Gasteiger partial charge in [0.05, 0.1) is 0 Å². The van der Waals surface area contributed by atoms with E-state index >= 15 is 0 Å². The smallest absolute Gasteiger partial charge is 0.226 e. The number of carboxylic acid groups (broad SMARTS) is 1. The molecule has 2 aliphatic rings. The number of carboxylic acids is 1. The molecule has 0 aromatic heterocycles. The fourth-order valence-corrected chi connectivity index (χ4v) is 3.42. The molecule has 1 aliphatic carbocycles. The third-order valence-electron chi connectivity index (χ3n) is 4.84. The first-order valence-corrected chi connectivity index (χ1v) is 8.21. The Balaban J connectivity index is 1.61. The van der Waals surface area contributed by atoms with Crippen LogP contribution in [0.15, 0.2) is 36.4 Å². The number of halogens is 1. The molecular weight excluding hydrogens is 311 g/mol. The van der Waals surface area contributed by atoms with Crippen LogP contribution < -0.4 is 10.0 Å². The molecule has 1 heterocycles. The van der Waals surface area contributed by atoms with E-state index in [0.29, 0.717) is 39.0 Å². The molecule has 6 heteroatoms. The van der Waals surface area contributed by atoms with Gasteiger partial charge < -0.3 is 19.7 Å². The van der Waals surface area contributed by atoms with E-state index in [0.717, 1.165) is 5.69 Å². The maximum absolute atomic E-state index is 13.0. The van der Waals surface area contributed by atoms with Crippen molar-refractivity contribution >= 4 is 17.6 Å². The number of amides is 1. The van der Waals surface area contributed by atoms with E-state index in [4.69, 9.17) is 0 Å². The van der Waals surface area contributed by atoms with Crippen LogP contribution in [-0.4, -0.2) is 43.0 Å². The summed E-state index contributed by atoms with van der Waals surface area (Å²) in [5, 5.41) is 11.3. The number of anilines is 1. The maximum atomic E-state index is 13.0. The van der Waals surface area contributed by atoms with E-state index in [-0.39, 0.29) is 11.7 Å². The molecule has 1 aromatic rings. The number of nitrogens with zero attached hydrogens (tertiary/aromatic N) is 2. The predicted molar refractivity (Wildman–Crippen MR) is 85.6 cm³/mol. The molecule has 1 aromatic carbocycles. The van der Waals surface area contributed by atoms with Gasteiger partial charge in [0.2, 0.25) is 5.91 Å². The van der Waals surface area contributed by atoms with Crippen LogP contribution in [0.2, 0.25) is 0 Å². The Kier molecular flexibility index (Phi) is 4.83. The second-order valence-electron chi connectivity index (χ2n) is 6.26. The Morgan fingerprint density at radius 3 is 2.12 bits per heavy atom. The summed E-state index contributed by atoms with van der Waals surface area (Å²) in [6.45, 7) is 2.37. The highest BCUT2D eigenvalue weighted by Gasteiger charge is 2.34. The lowest BCUT2D eigenvalue weighted by Crippen LogP contribution is -2.52. The lowest BCUT2D eigenvalue weighted by atomic mass is 9.82. The number of carbonyl (C=O) groups excluding carboxylic acids is 2. The zero-order valence-corrected chi connectivity index (χ0v) is 13.4. The summed E-state index contributed by atoms with van der Waals surface area (Å²) in [5.41, 5.74) is 0.928. The quantitative estimate of drug-likeness (QED) is 0.769. The number of aliphatic carboxylic acids is 1. The van der Waals surface area contributed by atoms with E-state index < -0.39 is 17.8 Å². The number of rotatable bonds is 3. The summed E-state index contributed by atoms with van der Waals surface area (Å²) >= 11 is 0. The molecule has 24 heavy (non-hydrogen) atoms. The van der Waals surface area contributed by atoms with Crippen LogP contribution in [0.3, 0.4) is 0 Å². The van der Waals surface area contributed by atoms with E-state index in [9.17, 15) is 19.1 Å². The third kappa shape index (κ3) is 3.42. The Morgan fingerprint density at radius 2 is 1.54 bits per heavy atom. The van der Waals surface area contributed by atoms with Crippen LogP contribution in [0.5, 0.6) is 0 Å². The number of benzene rings is 1. The molecule has 1 fully saturated rings. The highest BCUT2D eigenvalue weighted by Crippen LogP contribution is 2.28. The molecule has 1 saturated heterocycles. The maximum Gasteiger partial charge on any atom is 0.226 e. The van der Waals surface area contributed by atoms with Gasteiger partial charge in [-0.15, -0.1) is 0 Å². The average molecular weight is 331 g/mol. The van der Waals surface area contributed by atoms with Gasteiger partial charge in [-0.05, 0) is 37.1 Å². The van der Waals surface area contributed by atoms with Crippen molar-refractivity contribution in [2.24, 2.45) is 11.8 Å². The van der Waals surface area contributed by atoms with Crippen LogP contribution in [0.25, 0.3) is 0 Å². The predicted octanol–water partition coefficient (Wildman–Crippen LogP) is 0.807. The molecule has 0 saturated carbocycles. The molecule has 5 nitrogen and oxygen atoms in total. The molecule has 1 aliphatic heterocycles. The van der Waals surface area contributed by atoms with E-state index in [1.165, 1.54) is 12.1 Å². The molecule has 0 bridgehead atoms. The van der Waals surface area contributed by atoms with Crippen molar-refractivity contribution in [2.75, 3.05) is 31.1 Å². The molecule has 0 spiro atoms. The number of hydrogen-bond donors (Lipinski definition) is 0. The van der Waals surface area contributed by atoms with Gasteiger partial charge in [0.1, 0.15) is 5.82 Å². The SMILES string of the molecule is O=C([O-])[C@@H]1CC=CC[C@H]1C(=O)N1CCN(c2ccc(F)cc2)CC1. The second-order valence-corrected chi connectivity index (χ2v) is 6.26. The summed E-state index contributed by atoms with van der Waals surface area (Å²) in [7, 11) is 0. The van der Waals surface area contributed by atoms with Crippen molar-refractivity contribution in [3.8, 4) is 0 Å². The number of piperazine rings is 1. The molecule has 1 amide bonds. The standard InChI is InChI=1S/C18H21FN2O3/c19-13-5-7-14(8-6-13)20-9-11-21(12-10-20)17(22)15-3-1-2-4-16(15)18(23)24/h1-2,5-8,15-16H,3-4,9-12H2,(H,23,24)/p-1/t15-,16-/m1/s1. The summed E-state index contributed by atoms with van der Waals surface area (Å²) < 4.78 is 13.0. The van der Waals surface area contributed by atoms with Gasteiger partial charge in [-0.1, -0.05) is 12.2 Å². The number of allylic oxidation sites excluding steroid dienone is 2. The van der Waals surface area contributed by atoms with Crippen molar-refractivity contribution in [3.05, 3.63) is 42.2 Å². The Hall–Kier alpha value is -2.37. The highest BCUT2D eigenvalue weighted by molar-refractivity contribution is 5.85. The van der Waals surface area contributed by atoms with Crippen molar-refractivity contribution in [3.63, 3.8) is 0 Å². The van der Waals surface area contributed by atoms with Crippen molar-refractivity contribution in [2.45, 2.75) is 12.8 Å². The molecular formula is C18H20FN2O3-. The van der Waals surface area contributed by atoms with E-state index in [2.05, 4.69) is 4.90 Å². The summed E-state index contributed by atoms with van der Waals surface area (Å²) in [6, 6.07) is 6.30. The zero-order valence-electron chi connectivity index (χ0n) is 13.4. The van der Waals surface area contributed by atoms with E-state index in [1.807, 2.05) is 6.08 Å². The van der Waals surface area contributed by atoms with Crippen LogP contribution in [-0.2, 0) is 9.59 Å². The molecule has 3 rings (SSSR count). The minimum Gasteiger partial charge on any atom is -0.550 e. The van der Waals surface area contributed by atoms with Crippen LogP contribution in [0.4, 0.5) is 10.1 Å². The van der Waals surface area contributed by atoms with Gasteiger partial charge in [-0.2, -0.15) is 0 Å². The highest BCUT2D eigenvalue weighted by atomic mass is 19.1. The van der Waals surface area contributed by atoms with Crippen LogP contribution in [0, 0.1) is 17.7 Å². The third-order valence-corrected chi connectivity index (χ3v) is 4.84. The normalized spacial score (nSPS) is 24.0. The molecule has 0 N–H and O–H groups in total. The average Bonchev–Trinajstić information content (AvgIpc) is 2.62. The first-order valence-electron chi connectivity index (χ1n) is 8.21. The van der Waals surface area contributed by atoms with Crippen molar-refractivity contribution < 1.29 is 19.1 Å². The molecule has 128 valence electrons. The van der Waals surface area contributed by atoms with Gasteiger partial charge in [0.15, 0.2) is 0 Å². The molecule has 0 radical (unpaired) electrons. The van der Waals surface area contributed by atoms with Gasteiger partial charge in [-0.3, -0.25) is 4.79 Å². The molecule has 0 unspecified atom stereocenters. The number of hydrogen-bond acceptors (Lipinski definition) is 4. The Morgan fingerprint density at radius 1 is 0.958 bits per heavy atom. The van der Waals surface area contributed by atoms with Gasteiger partial charge in [0, 0.05) is 49.7 Å². The number of carbonyl (C=O) groups is 2. The van der Waals surface area contributed by atoms with Crippen LogP contribution >= 0.6 is 0 Å². The van der Waals surface area contributed by atoms with Gasteiger partial charge in [0.25, 0.3) is 0 Å². The fraction of sp³-hybridized carbons (Fsp3) is 0.444. The molecule has 2 atom stereocenters. The van der Waals surface area contributed by atoms with Gasteiger partial charge in [-0.25, -0.2) is 4.39 Å². The lowest BCUT2D eigenvalue weighted by Gasteiger charge is -2.39. The minimum atomic E-state index is -1.15. The van der Waals surface area contributed by atoms with E-state index in [1.54, 1.807) is 23.1 Å². The monoisotopic (exact) mass is 331 g/mol. The minimum absolute atomic E-state index is 0.104. The summed E-state index contributed by atoms with van der Waals surface area (Å²) in [5.74, 6) is -2.80. The fourth-order valence-electron chi connectivity index (χ4n) is 3.42. The summed E-state index contributed by atoms with van der Waals surface area (Å²) in [6.07, 6.45) is 4.48. The second kappa shape index (κ2) is 7.03. The van der Waals surface area contributed by atoms with Crippen molar-refractivity contribution in [1.82, 2.24) is 4.90 Å². The summed E-state index contributed by atoms with van der Waals surface area (Å²) in [4.78, 5) is 27.8. The van der Waals surface area contributed by atoms with Gasteiger partial charge >= 0.3 is 0 Å². The largest absolute Gasteiger partial charge is 0.550 e. The zero-order chi connectivity index (χ0) is 17.1. The Bertz CT molecular complexity index is 636. The Labute approximate surface area is 140 Å². The lowest BCUT2D eigenvalue weighted by molar-refractivity contribution is -0.313. The first-order chi connectivity index (χ1) is 11.6. The first kappa shape index (κ1) is 16.5. The topological polar surface area (TPSA) is 63.7 Å². The van der Waals surface area contributed by atoms with Crippen LogP contribution in [0.1, 0.15) is 12.8 Å².